The fourth-order valence-electron chi connectivity index (χ4n) is 6.82. The van der Waals surface area contributed by atoms with E-state index in [2.05, 4.69) is 10.3 Å². The van der Waals surface area contributed by atoms with E-state index in [1.807, 2.05) is 30.3 Å². The molecule has 1 amide bonds. The number of carbonyl (C=O) groups excluding carboxylic acids is 1. The minimum Gasteiger partial charge on any atom is -0.477 e. The SMILES string of the molecule is O=C(O)c1sc(-c2ccccc2)cc1N1C(=O)CN(S(=O)(=O)c2ccc(NC3CCCCC3)nc2)CC1C1CCCCC1. The zero-order valence-corrected chi connectivity index (χ0v) is 25.8. The highest BCUT2D eigenvalue weighted by molar-refractivity contribution is 7.89. The summed E-state index contributed by atoms with van der Waals surface area (Å²) in [6, 6.07) is 14.4. The first kappa shape index (κ1) is 29.8. The van der Waals surface area contributed by atoms with E-state index in [9.17, 15) is 23.1 Å². The second-order valence-electron chi connectivity index (χ2n) is 11.9. The number of benzene rings is 1. The maximum Gasteiger partial charge on any atom is 0.348 e. The summed E-state index contributed by atoms with van der Waals surface area (Å²) < 4.78 is 29.0. The van der Waals surface area contributed by atoms with Crippen LogP contribution in [-0.2, 0) is 14.8 Å². The molecule has 9 nitrogen and oxygen atoms in total. The predicted octanol–water partition coefficient (Wildman–Crippen LogP) is 6.24. The van der Waals surface area contributed by atoms with Crippen LogP contribution >= 0.6 is 11.3 Å². The van der Waals surface area contributed by atoms with Gasteiger partial charge in [-0.2, -0.15) is 4.31 Å². The number of nitrogens with zero attached hydrogens (tertiary/aromatic N) is 3. The van der Waals surface area contributed by atoms with Gasteiger partial charge in [0.2, 0.25) is 15.9 Å². The fraction of sp³-hybridized carbons (Fsp3) is 0.469. The number of nitrogens with one attached hydrogen (secondary N) is 1. The van der Waals surface area contributed by atoms with Gasteiger partial charge in [-0.3, -0.25) is 4.79 Å². The molecule has 11 heteroatoms. The van der Waals surface area contributed by atoms with Gasteiger partial charge < -0.3 is 15.3 Å². The van der Waals surface area contributed by atoms with Gasteiger partial charge in [0, 0.05) is 23.7 Å². The van der Waals surface area contributed by atoms with E-state index in [4.69, 9.17) is 0 Å². The summed E-state index contributed by atoms with van der Waals surface area (Å²) in [5.74, 6) is -0.786. The third-order valence-electron chi connectivity index (χ3n) is 9.05. The predicted molar refractivity (Wildman–Crippen MR) is 168 cm³/mol. The maximum atomic E-state index is 13.9. The van der Waals surface area contributed by atoms with Crippen LogP contribution in [0.15, 0.2) is 59.6 Å². The van der Waals surface area contributed by atoms with Crippen molar-refractivity contribution in [2.45, 2.75) is 81.2 Å². The van der Waals surface area contributed by atoms with Crippen LogP contribution in [-0.4, -0.2) is 59.9 Å². The molecular formula is C32H38N4O5S2. The second-order valence-corrected chi connectivity index (χ2v) is 14.9. The smallest absolute Gasteiger partial charge is 0.348 e. The van der Waals surface area contributed by atoms with Crippen LogP contribution in [0.5, 0.6) is 0 Å². The molecule has 1 atom stereocenters. The molecule has 228 valence electrons. The Balaban J connectivity index is 1.29. The van der Waals surface area contributed by atoms with Crippen LogP contribution < -0.4 is 10.2 Å². The number of carbonyl (C=O) groups is 2. The van der Waals surface area contributed by atoms with Gasteiger partial charge in [0.05, 0.1) is 18.3 Å². The Labute approximate surface area is 257 Å². The highest BCUT2D eigenvalue weighted by atomic mass is 32.2. The first-order chi connectivity index (χ1) is 20.8. The Morgan fingerprint density at radius 1 is 0.953 bits per heavy atom. The number of thiophene rings is 1. The normalized spacial score (nSPS) is 21.2. The molecular weight excluding hydrogens is 585 g/mol. The molecule has 1 aliphatic heterocycles. The monoisotopic (exact) mass is 622 g/mol. The molecule has 2 N–H and O–H groups in total. The molecule has 6 rings (SSSR count). The largest absolute Gasteiger partial charge is 0.477 e. The maximum absolute atomic E-state index is 13.9. The molecule has 0 bridgehead atoms. The highest BCUT2D eigenvalue weighted by Crippen LogP contribution is 2.42. The van der Waals surface area contributed by atoms with Crippen molar-refractivity contribution in [2.75, 3.05) is 23.3 Å². The average Bonchev–Trinajstić information content (AvgIpc) is 3.48. The van der Waals surface area contributed by atoms with Gasteiger partial charge in [-0.05, 0) is 55.4 Å². The molecule has 2 aliphatic carbocycles. The Hall–Kier alpha value is -3.28. The lowest BCUT2D eigenvalue weighted by atomic mass is 9.82. The molecule has 2 aromatic heterocycles. The molecule has 1 saturated heterocycles. The van der Waals surface area contributed by atoms with Crippen molar-refractivity contribution in [3.8, 4) is 10.4 Å². The first-order valence-corrected chi connectivity index (χ1v) is 17.5. The van der Waals surface area contributed by atoms with E-state index in [1.165, 1.54) is 29.8 Å². The Kier molecular flexibility index (Phi) is 8.83. The number of carboxylic acids is 1. The van der Waals surface area contributed by atoms with Crippen LogP contribution in [0.4, 0.5) is 11.5 Å². The lowest BCUT2D eigenvalue weighted by Crippen LogP contribution is -2.60. The Morgan fingerprint density at radius 3 is 2.30 bits per heavy atom. The summed E-state index contributed by atoms with van der Waals surface area (Å²) in [7, 11) is -4.00. The fourth-order valence-corrected chi connectivity index (χ4v) is 9.17. The van der Waals surface area contributed by atoms with Crippen LogP contribution in [0.25, 0.3) is 10.4 Å². The molecule has 1 unspecified atom stereocenters. The Morgan fingerprint density at radius 2 is 1.65 bits per heavy atom. The van der Waals surface area contributed by atoms with Crippen molar-refractivity contribution in [3.63, 3.8) is 0 Å². The van der Waals surface area contributed by atoms with E-state index >= 15 is 0 Å². The van der Waals surface area contributed by atoms with Gasteiger partial charge in [0.1, 0.15) is 15.6 Å². The molecule has 0 radical (unpaired) electrons. The van der Waals surface area contributed by atoms with E-state index in [0.717, 1.165) is 66.7 Å². The number of pyridine rings is 1. The van der Waals surface area contributed by atoms with Gasteiger partial charge in [-0.15, -0.1) is 11.3 Å². The Bertz CT molecular complexity index is 1550. The summed E-state index contributed by atoms with van der Waals surface area (Å²) in [4.78, 5) is 33.3. The van der Waals surface area contributed by atoms with Crippen LogP contribution in [0, 0.1) is 5.92 Å². The van der Waals surface area contributed by atoms with E-state index in [0.29, 0.717) is 17.5 Å². The van der Waals surface area contributed by atoms with Crippen molar-refractivity contribution >= 4 is 44.7 Å². The lowest BCUT2D eigenvalue weighted by Gasteiger charge is -2.44. The molecule has 2 saturated carbocycles. The zero-order valence-electron chi connectivity index (χ0n) is 24.2. The minimum absolute atomic E-state index is 0.0541. The molecule has 1 aromatic carbocycles. The zero-order chi connectivity index (χ0) is 30.0. The van der Waals surface area contributed by atoms with Gasteiger partial charge in [0.25, 0.3) is 0 Å². The van der Waals surface area contributed by atoms with Crippen molar-refractivity contribution < 1.29 is 23.1 Å². The molecule has 43 heavy (non-hydrogen) atoms. The van der Waals surface area contributed by atoms with Gasteiger partial charge in [-0.25, -0.2) is 18.2 Å². The molecule has 0 spiro atoms. The standard InChI is InChI=1S/C32H38N4O5S2/c37-30-21-35(43(40,41)25-16-17-29(33-19-25)34-24-14-8-3-9-15-24)20-27(22-10-4-1-5-11-22)36(30)26-18-28(42-31(26)32(38)39)23-12-6-2-7-13-23/h2,6-7,12-13,16-19,22,24,27H,1,3-5,8-11,14-15,20-21H2,(H,33,34)(H,38,39). The summed E-state index contributed by atoms with van der Waals surface area (Å²) in [6.07, 6.45) is 12.0. The quantitative estimate of drug-likeness (QED) is 0.305. The first-order valence-electron chi connectivity index (χ1n) is 15.3. The van der Waals surface area contributed by atoms with E-state index in [1.54, 1.807) is 23.1 Å². The van der Waals surface area contributed by atoms with Crippen molar-refractivity contribution in [3.05, 3.63) is 59.6 Å². The van der Waals surface area contributed by atoms with Crippen molar-refractivity contribution in [2.24, 2.45) is 5.92 Å². The number of rotatable bonds is 8. The van der Waals surface area contributed by atoms with E-state index in [-0.39, 0.29) is 28.8 Å². The van der Waals surface area contributed by atoms with Gasteiger partial charge in [-0.1, -0.05) is 68.9 Å². The average molecular weight is 623 g/mol. The number of aromatic carboxylic acids is 1. The number of anilines is 2. The van der Waals surface area contributed by atoms with E-state index < -0.39 is 27.9 Å². The number of hydrogen-bond donors (Lipinski definition) is 2. The summed E-state index contributed by atoms with van der Waals surface area (Å²) in [5.41, 5.74) is 1.23. The lowest BCUT2D eigenvalue weighted by molar-refractivity contribution is -0.121. The molecule has 3 aromatic rings. The summed E-state index contributed by atoms with van der Waals surface area (Å²) in [6.45, 7) is -0.250. The second kappa shape index (κ2) is 12.8. The highest BCUT2D eigenvalue weighted by Gasteiger charge is 2.44. The molecule has 3 heterocycles. The third-order valence-corrected chi connectivity index (χ3v) is 12.0. The summed E-state index contributed by atoms with van der Waals surface area (Å²) in [5, 5.41) is 13.6. The number of hydrogen-bond acceptors (Lipinski definition) is 7. The third kappa shape index (κ3) is 6.34. The van der Waals surface area contributed by atoms with Crippen LogP contribution in [0.1, 0.15) is 73.9 Å². The minimum atomic E-state index is -4.00. The number of piperazine rings is 1. The van der Waals surface area contributed by atoms with Crippen LogP contribution in [0.3, 0.4) is 0 Å². The van der Waals surface area contributed by atoms with Gasteiger partial charge >= 0.3 is 5.97 Å². The van der Waals surface area contributed by atoms with Crippen molar-refractivity contribution in [1.82, 2.24) is 9.29 Å². The number of sulfonamides is 1. The van der Waals surface area contributed by atoms with Crippen LogP contribution in [0.2, 0.25) is 0 Å². The molecule has 3 aliphatic rings. The molecule has 3 fully saturated rings. The number of carboxylic acid groups (broad SMARTS) is 1. The number of aromatic nitrogens is 1. The number of amides is 1. The van der Waals surface area contributed by atoms with Gasteiger partial charge in [0.15, 0.2) is 0 Å². The summed E-state index contributed by atoms with van der Waals surface area (Å²) >= 11 is 1.14. The van der Waals surface area contributed by atoms with Crippen molar-refractivity contribution in [1.29, 1.82) is 0 Å². The topological polar surface area (TPSA) is 120 Å².